The fraction of sp³-hybridized carbons (Fsp3) is 0.514. The van der Waals surface area contributed by atoms with E-state index < -0.39 is 46.8 Å². The number of alkyl carbamates (subject to hydrolysis) is 1. The average Bonchev–Trinajstić information content (AvgIpc) is 3.47. The van der Waals surface area contributed by atoms with Gasteiger partial charge in [0.1, 0.15) is 23.0 Å². The third kappa shape index (κ3) is 8.54. The van der Waals surface area contributed by atoms with Gasteiger partial charge in [-0.1, -0.05) is 12.1 Å². The van der Waals surface area contributed by atoms with Gasteiger partial charge in [-0.25, -0.2) is 9.59 Å². The lowest BCUT2D eigenvalue weighted by atomic mass is 9.58. The molecular formula is C35H40F3N5O7S. The molecule has 274 valence electrons. The van der Waals surface area contributed by atoms with Crippen LogP contribution < -0.4 is 15.0 Å². The van der Waals surface area contributed by atoms with Crippen molar-refractivity contribution in [3.05, 3.63) is 53.9 Å². The van der Waals surface area contributed by atoms with E-state index in [4.69, 9.17) is 13.9 Å². The maximum atomic E-state index is 14.1. The predicted octanol–water partition coefficient (Wildman–Crippen LogP) is 7.07. The Balaban J connectivity index is 1.28. The molecule has 51 heavy (non-hydrogen) atoms. The summed E-state index contributed by atoms with van der Waals surface area (Å²) in [7, 11) is 0. The summed E-state index contributed by atoms with van der Waals surface area (Å²) in [6.07, 6.45) is -4.39. The number of benzene rings is 2. The monoisotopic (exact) mass is 731 g/mol. The molecule has 3 fully saturated rings. The molecule has 0 unspecified atom stereocenters. The zero-order chi connectivity index (χ0) is 36.9. The van der Waals surface area contributed by atoms with Crippen LogP contribution in [0, 0.1) is 5.92 Å². The number of halogens is 3. The first-order chi connectivity index (χ1) is 23.8. The van der Waals surface area contributed by atoms with Gasteiger partial charge in [-0.05, 0) is 96.2 Å². The van der Waals surface area contributed by atoms with E-state index in [0.717, 1.165) is 17.7 Å². The number of aromatic nitrogens is 2. The molecule has 0 radical (unpaired) electrons. The van der Waals surface area contributed by atoms with Crippen LogP contribution in [0.25, 0.3) is 11.5 Å². The molecule has 0 spiro atoms. The Kier molecular flexibility index (Phi) is 9.44. The highest BCUT2D eigenvalue weighted by molar-refractivity contribution is 7.99. The molecule has 1 aliphatic carbocycles. The van der Waals surface area contributed by atoms with Gasteiger partial charge in [0.05, 0.1) is 17.6 Å². The number of piperidine rings is 2. The third-order valence-corrected chi connectivity index (χ3v) is 9.67. The van der Waals surface area contributed by atoms with Crippen LogP contribution in [0.3, 0.4) is 0 Å². The highest BCUT2D eigenvalue weighted by Crippen LogP contribution is 2.52. The number of nitrogens with zero attached hydrogens (tertiary/aromatic N) is 4. The Labute approximate surface area is 297 Å². The van der Waals surface area contributed by atoms with Gasteiger partial charge in [-0.15, -0.1) is 35.1 Å². The van der Waals surface area contributed by atoms with Gasteiger partial charge in [-0.2, -0.15) is 0 Å². The zero-order valence-electron chi connectivity index (χ0n) is 29.1. The van der Waals surface area contributed by atoms with Gasteiger partial charge in [0.2, 0.25) is 11.8 Å². The van der Waals surface area contributed by atoms with E-state index in [9.17, 15) is 27.6 Å². The van der Waals surface area contributed by atoms with Crippen molar-refractivity contribution in [2.45, 2.75) is 94.8 Å². The van der Waals surface area contributed by atoms with Gasteiger partial charge in [0.25, 0.3) is 5.91 Å². The highest BCUT2D eigenvalue weighted by atomic mass is 32.2. The molecule has 3 aliphatic heterocycles. The van der Waals surface area contributed by atoms with Crippen molar-refractivity contribution in [2.75, 3.05) is 23.7 Å². The second-order valence-electron chi connectivity index (χ2n) is 15.1. The summed E-state index contributed by atoms with van der Waals surface area (Å²) >= 11 is 1.35. The van der Waals surface area contributed by atoms with Crippen LogP contribution in [-0.4, -0.2) is 75.6 Å². The Hall–Kier alpha value is -4.47. The Bertz CT molecular complexity index is 1800. The van der Waals surface area contributed by atoms with E-state index >= 15 is 0 Å². The van der Waals surface area contributed by atoms with Crippen molar-refractivity contribution < 1.29 is 46.2 Å². The quantitative estimate of drug-likeness (QED) is 0.281. The van der Waals surface area contributed by atoms with E-state index in [-0.39, 0.29) is 24.3 Å². The molecule has 4 heterocycles. The van der Waals surface area contributed by atoms with E-state index in [1.165, 1.54) is 40.9 Å². The molecule has 1 saturated carbocycles. The van der Waals surface area contributed by atoms with Crippen LogP contribution in [0.2, 0.25) is 0 Å². The number of carbonyl (C=O) groups is 3. The van der Waals surface area contributed by atoms with E-state index in [1.807, 2.05) is 26.8 Å². The number of anilines is 1. The summed E-state index contributed by atoms with van der Waals surface area (Å²) < 4.78 is 59.6. The summed E-state index contributed by atoms with van der Waals surface area (Å²) in [5.74, 6) is 0.285. The number of thioether (sulfide) groups is 1. The maximum Gasteiger partial charge on any atom is 0.573 e. The minimum atomic E-state index is -4.85. The first kappa shape index (κ1) is 36.3. The lowest BCUT2D eigenvalue weighted by Crippen LogP contribution is -2.61. The van der Waals surface area contributed by atoms with E-state index in [2.05, 4.69) is 20.3 Å². The second kappa shape index (κ2) is 13.3. The molecule has 1 aromatic heterocycles. The van der Waals surface area contributed by atoms with Crippen LogP contribution in [-0.2, 0) is 26.2 Å². The van der Waals surface area contributed by atoms with Crippen molar-refractivity contribution in [3.63, 3.8) is 0 Å². The number of hydrogen-bond acceptors (Lipinski definition) is 10. The number of fused-ring (bicyclic) bond motifs is 3. The molecule has 2 saturated heterocycles. The average molecular weight is 732 g/mol. The molecular weight excluding hydrogens is 691 g/mol. The summed E-state index contributed by atoms with van der Waals surface area (Å²) in [5, 5.41) is 11.4. The molecule has 1 N–H and O–H groups in total. The molecule has 12 nitrogen and oxygen atoms in total. The largest absolute Gasteiger partial charge is 0.573 e. The number of carbonyl (C=O) groups excluding carboxylic acids is 3. The lowest BCUT2D eigenvalue weighted by molar-refractivity contribution is -0.274. The first-order valence-electron chi connectivity index (χ1n) is 16.5. The number of amides is 3. The van der Waals surface area contributed by atoms with Gasteiger partial charge < -0.3 is 33.7 Å². The van der Waals surface area contributed by atoms with Gasteiger partial charge >= 0.3 is 18.5 Å². The third-order valence-electron chi connectivity index (χ3n) is 8.52. The van der Waals surface area contributed by atoms with Crippen molar-refractivity contribution in [1.82, 2.24) is 20.4 Å². The Morgan fingerprint density at radius 2 is 1.69 bits per heavy atom. The molecule has 3 amide bonds. The number of ether oxygens (including phenoxy) is 3. The van der Waals surface area contributed by atoms with Gasteiger partial charge in [0.15, 0.2) is 0 Å². The highest BCUT2D eigenvalue weighted by Gasteiger charge is 2.56. The summed E-state index contributed by atoms with van der Waals surface area (Å²) in [4.78, 5) is 43.6. The van der Waals surface area contributed by atoms with Gasteiger partial charge in [-0.3, -0.25) is 4.79 Å². The van der Waals surface area contributed by atoms with Gasteiger partial charge in [0, 0.05) is 29.3 Å². The van der Waals surface area contributed by atoms with Crippen molar-refractivity contribution in [1.29, 1.82) is 0 Å². The summed E-state index contributed by atoms with van der Waals surface area (Å²) in [6.45, 7) is 11.6. The number of rotatable bonds is 6. The van der Waals surface area contributed by atoms with Crippen molar-refractivity contribution in [3.8, 4) is 17.2 Å². The first-order valence-corrected chi connectivity index (χ1v) is 17.5. The van der Waals surface area contributed by atoms with Crippen LogP contribution >= 0.6 is 11.8 Å². The van der Waals surface area contributed by atoms with E-state index in [1.54, 1.807) is 37.8 Å². The maximum absolute atomic E-state index is 14.1. The molecule has 2 bridgehead atoms. The van der Waals surface area contributed by atoms with E-state index in [0.29, 0.717) is 41.7 Å². The molecule has 7 rings (SSSR count). The van der Waals surface area contributed by atoms with Crippen LogP contribution in [0.5, 0.6) is 5.75 Å². The predicted molar refractivity (Wildman–Crippen MR) is 180 cm³/mol. The number of hydrogen-bond donors (Lipinski definition) is 1. The van der Waals surface area contributed by atoms with Crippen molar-refractivity contribution in [2.24, 2.45) is 5.92 Å². The van der Waals surface area contributed by atoms with Crippen LogP contribution in [0.1, 0.15) is 65.8 Å². The van der Waals surface area contributed by atoms with Crippen LogP contribution in [0.15, 0.2) is 51.8 Å². The molecule has 3 aromatic rings. The fourth-order valence-electron chi connectivity index (χ4n) is 6.54. The number of nitrogens with one attached hydrogen (secondary N) is 1. The summed E-state index contributed by atoms with van der Waals surface area (Å²) in [6, 6.07) is 9.60. The second-order valence-corrected chi connectivity index (χ2v) is 16.2. The number of alkyl halides is 3. The minimum Gasteiger partial charge on any atom is -0.444 e. The SMILES string of the molecule is CC(C)(C)OC(=O)N[C@H]1CSc2ccc(-c3nnc(C45CC(CN(C(=O)OC(C)(C)C)C4)C5)o3)cc2N(Cc2ccc(OC(F)(F)F)cc2)C1=O. The topological polar surface area (TPSA) is 136 Å². The molecule has 1 atom stereocenters. The Morgan fingerprint density at radius 1 is 1.00 bits per heavy atom. The standard InChI is InChI=1S/C35H40F3N5O7S/c1-32(2,3)49-30(45)39-24-18-51-26-12-9-22(13-25(26)43(28(24)44)17-20-7-10-23(11-8-20)48-35(36,37)38)27-40-41-29(47-27)34-14-21(15-34)16-42(19-34)31(46)50-33(4,5)6/h7-13,21,24H,14-19H2,1-6H3,(H,39,45)/t21?,24-,34?/m0/s1. The van der Waals surface area contributed by atoms with Crippen LogP contribution in [0.4, 0.5) is 28.4 Å². The van der Waals surface area contributed by atoms with Crippen molar-refractivity contribution >= 4 is 35.5 Å². The minimum absolute atomic E-state index is 0.0330. The zero-order valence-corrected chi connectivity index (χ0v) is 29.9. The smallest absolute Gasteiger partial charge is 0.444 e. The normalized spacial score (nSPS) is 22.0. The molecule has 2 aromatic carbocycles. The lowest BCUT2D eigenvalue weighted by Gasteiger charge is -2.54. The summed E-state index contributed by atoms with van der Waals surface area (Å²) in [5.41, 5.74) is -0.372. The molecule has 4 aliphatic rings. The fourth-order valence-corrected chi connectivity index (χ4v) is 7.59. The molecule has 16 heteroatoms. The Morgan fingerprint density at radius 3 is 2.33 bits per heavy atom.